The largest absolute Gasteiger partial charge is 0.343 e. The third-order valence-electron chi connectivity index (χ3n) is 4.33. The Bertz CT molecular complexity index is 677. The summed E-state index contributed by atoms with van der Waals surface area (Å²) in [5, 5.41) is 3.90. The lowest BCUT2D eigenvalue weighted by atomic mass is 9.87. The molecule has 128 valence electrons. The summed E-state index contributed by atoms with van der Waals surface area (Å²) < 4.78 is 4.82. The highest BCUT2D eigenvalue weighted by Crippen LogP contribution is 2.31. The van der Waals surface area contributed by atoms with E-state index in [1.165, 1.54) is 12.0 Å². The average molecular weight is 345 g/mol. The minimum atomic E-state index is -0.0416. The first kappa shape index (κ1) is 17.0. The maximum atomic E-state index is 12.6. The van der Waals surface area contributed by atoms with Gasteiger partial charge in [0.1, 0.15) is 0 Å². The van der Waals surface area contributed by atoms with Gasteiger partial charge in [0.25, 0.3) is 0 Å². The molecular formula is C18H23N3O2S. The second kappa shape index (κ2) is 6.97. The molecule has 1 fully saturated rings. The quantitative estimate of drug-likeness (QED) is 0.788. The van der Waals surface area contributed by atoms with Crippen molar-refractivity contribution < 1.29 is 9.32 Å². The van der Waals surface area contributed by atoms with Crippen LogP contribution < -0.4 is 0 Å². The van der Waals surface area contributed by atoms with E-state index < -0.39 is 0 Å². The molecule has 1 aromatic carbocycles. The molecule has 0 spiro atoms. The summed E-state index contributed by atoms with van der Waals surface area (Å²) >= 11 is 1.58. The zero-order chi connectivity index (χ0) is 17.2. The van der Waals surface area contributed by atoms with Gasteiger partial charge in [0.2, 0.25) is 12.3 Å². The molecule has 1 aromatic heterocycles. The fourth-order valence-corrected chi connectivity index (χ4v) is 3.72. The predicted octanol–water partition coefficient (Wildman–Crippen LogP) is 3.82. The molecule has 24 heavy (non-hydrogen) atoms. The summed E-state index contributed by atoms with van der Waals surface area (Å²) in [6.45, 7) is 7.36. The summed E-state index contributed by atoms with van der Waals surface area (Å²) in [7, 11) is 0. The number of likely N-dealkylation sites (tertiary alicyclic amines) is 1. The Kier molecular flexibility index (Phi) is 4.94. The Hall–Kier alpha value is -1.82. The number of nitrogens with zero attached hydrogens (tertiary/aromatic N) is 3. The number of benzene rings is 1. The van der Waals surface area contributed by atoms with E-state index in [1.807, 2.05) is 4.90 Å². The van der Waals surface area contributed by atoms with Crippen molar-refractivity contribution in [3.8, 4) is 0 Å². The number of carbonyl (C=O) groups excluding carboxylic acids is 1. The van der Waals surface area contributed by atoms with Gasteiger partial charge in [0.05, 0.1) is 11.8 Å². The summed E-state index contributed by atoms with van der Waals surface area (Å²) in [6.07, 6.45) is 3.20. The highest BCUT2D eigenvalue weighted by molar-refractivity contribution is 8.00. The molecule has 1 aliphatic rings. The van der Waals surface area contributed by atoms with Crippen molar-refractivity contribution in [1.82, 2.24) is 15.0 Å². The maximum Gasteiger partial charge on any atom is 0.233 e. The Morgan fingerprint density at radius 1 is 1.33 bits per heavy atom. The molecule has 1 atom stereocenters. The monoisotopic (exact) mass is 345 g/mol. The van der Waals surface area contributed by atoms with Gasteiger partial charge in [-0.25, -0.2) is 0 Å². The van der Waals surface area contributed by atoms with Crippen LogP contribution in [0.2, 0.25) is 0 Å². The van der Waals surface area contributed by atoms with Crippen molar-refractivity contribution >= 4 is 17.7 Å². The Balaban J connectivity index is 1.59. The van der Waals surface area contributed by atoms with Crippen LogP contribution in [0, 0.1) is 0 Å². The fourth-order valence-electron chi connectivity index (χ4n) is 2.94. The minimum absolute atomic E-state index is 0.0416. The second-order valence-corrected chi connectivity index (χ2v) is 8.15. The molecule has 0 N–H and O–H groups in total. The van der Waals surface area contributed by atoms with Crippen LogP contribution in [0.3, 0.4) is 0 Å². The number of aromatic nitrogens is 2. The van der Waals surface area contributed by atoms with Crippen LogP contribution in [0.5, 0.6) is 0 Å². The molecule has 2 heterocycles. The predicted molar refractivity (Wildman–Crippen MR) is 93.9 cm³/mol. The van der Waals surface area contributed by atoms with E-state index >= 15 is 0 Å². The summed E-state index contributed by atoms with van der Waals surface area (Å²) in [5.74, 6) is 1.18. The number of thioether (sulfide) groups is 1. The first-order valence-corrected chi connectivity index (χ1v) is 9.23. The first-order chi connectivity index (χ1) is 11.4. The normalized spacial score (nSPS) is 18.1. The Morgan fingerprint density at radius 2 is 2.08 bits per heavy atom. The van der Waals surface area contributed by atoms with E-state index in [1.54, 1.807) is 11.8 Å². The zero-order valence-corrected chi connectivity index (χ0v) is 15.2. The minimum Gasteiger partial charge on any atom is -0.343 e. The van der Waals surface area contributed by atoms with Crippen molar-refractivity contribution in [2.45, 2.75) is 50.0 Å². The molecular weight excluding hydrogens is 322 g/mol. The molecule has 0 saturated carbocycles. The van der Waals surface area contributed by atoms with Crippen molar-refractivity contribution in [3.05, 3.63) is 42.0 Å². The van der Waals surface area contributed by atoms with E-state index in [2.05, 4.69) is 55.2 Å². The molecule has 0 bridgehead atoms. The van der Waals surface area contributed by atoms with E-state index in [4.69, 9.17) is 4.52 Å². The smallest absolute Gasteiger partial charge is 0.233 e. The molecule has 5 nitrogen and oxygen atoms in total. The Labute approximate surface area is 146 Å². The molecule has 0 radical (unpaired) electrons. The van der Waals surface area contributed by atoms with Gasteiger partial charge in [-0.05, 0) is 36.0 Å². The lowest BCUT2D eigenvalue weighted by Gasteiger charge is -2.22. The van der Waals surface area contributed by atoms with Crippen LogP contribution in [-0.2, 0) is 10.2 Å². The highest BCUT2D eigenvalue weighted by atomic mass is 32.2. The molecule has 1 amide bonds. The van der Waals surface area contributed by atoms with Crippen LogP contribution in [0.4, 0.5) is 0 Å². The molecule has 3 rings (SSSR count). The molecule has 0 unspecified atom stereocenters. The van der Waals surface area contributed by atoms with E-state index in [9.17, 15) is 4.79 Å². The summed E-state index contributed by atoms with van der Waals surface area (Å²) in [6, 6.07) is 8.44. The van der Waals surface area contributed by atoms with Gasteiger partial charge in [-0.2, -0.15) is 4.98 Å². The van der Waals surface area contributed by atoms with Gasteiger partial charge in [-0.3, -0.25) is 4.79 Å². The van der Waals surface area contributed by atoms with E-state index in [0.29, 0.717) is 11.6 Å². The number of carbonyl (C=O) groups is 1. The lowest BCUT2D eigenvalue weighted by molar-refractivity contribution is -0.129. The molecule has 6 heteroatoms. The van der Waals surface area contributed by atoms with Crippen molar-refractivity contribution in [3.63, 3.8) is 0 Å². The van der Waals surface area contributed by atoms with Gasteiger partial charge in [0, 0.05) is 11.4 Å². The van der Waals surface area contributed by atoms with Crippen LogP contribution >= 0.6 is 11.8 Å². The number of hydrogen-bond donors (Lipinski definition) is 0. The van der Waals surface area contributed by atoms with Gasteiger partial charge in [-0.15, -0.1) is 11.8 Å². The third kappa shape index (κ3) is 3.80. The molecule has 2 aromatic rings. The molecule has 1 aliphatic heterocycles. The van der Waals surface area contributed by atoms with Crippen molar-refractivity contribution in [1.29, 1.82) is 0 Å². The fraction of sp³-hybridized carbons (Fsp3) is 0.500. The van der Waals surface area contributed by atoms with Gasteiger partial charge in [0.15, 0.2) is 5.82 Å². The van der Waals surface area contributed by atoms with Crippen molar-refractivity contribution in [2.24, 2.45) is 0 Å². The van der Waals surface area contributed by atoms with Crippen molar-refractivity contribution in [2.75, 3.05) is 12.3 Å². The third-order valence-corrected chi connectivity index (χ3v) is 5.33. The maximum absolute atomic E-state index is 12.6. The Morgan fingerprint density at radius 3 is 2.71 bits per heavy atom. The highest BCUT2D eigenvalue weighted by Gasteiger charge is 2.32. The van der Waals surface area contributed by atoms with Crippen LogP contribution in [0.15, 0.2) is 40.1 Å². The SMILES string of the molecule is CC(C)(C)c1ccc(SCC(=O)N2CCC[C@H]2c2ncon2)cc1. The van der Waals surface area contributed by atoms with Crippen LogP contribution in [0.1, 0.15) is 51.0 Å². The average Bonchev–Trinajstić information content (AvgIpc) is 3.22. The standard InChI is InChI=1S/C18H23N3O2S/c1-18(2,3)13-6-8-14(9-7-13)24-11-16(22)21-10-4-5-15(21)17-19-12-23-20-17/h6-9,12,15H,4-5,10-11H2,1-3H3/t15-/m0/s1. The first-order valence-electron chi connectivity index (χ1n) is 8.24. The summed E-state index contributed by atoms with van der Waals surface area (Å²) in [5.41, 5.74) is 1.45. The number of rotatable bonds is 4. The second-order valence-electron chi connectivity index (χ2n) is 7.10. The van der Waals surface area contributed by atoms with Gasteiger partial charge < -0.3 is 9.42 Å². The lowest BCUT2D eigenvalue weighted by Crippen LogP contribution is -2.32. The number of amides is 1. The van der Waals surface area contributed by atoms with E-state index in [-0.39, 0.29) is 17.4 Å². The topological polar surface area (TPSA) is 59.2 Å². The van der Waals surface area contributed by atoms with Crippen LogP contribution in [-0.4, -0.2) is 33.2 Å². The molecule has 1 saturated heterocycles. The van der Waals surface area contributed by atoms with Gasteiger partial charge >= 0.3 is 0 Å². The van der Waals surface area contributed by atoms with Gasteiger partial charge in [-0.1, -0.05) is 38.1 Å². The summed E-state index contributed by atoms with van der Waals surface area (Å²) in [4.78, 5) is 19.7. The van der Waals surface area contributed by atoms with Crippen LogP contribution in [0.25, 0.3) is 0 Å². The van der Waals surface area contributed by atoms with E-state index in [0.717, 1.165) is 24.3 Å². The zero-order valence-electron chi connectivity index (χ0n) is 14.4. The number of hydrogen-bond acceptors (Lipinski definition) is 5. The molecule has 0 aliphatic carbocycles.